The number of carbonyl (C=O) groups is 1. The maximum Gasteiger partial charge on any atom is 0.302 e. The minimum absolute atomic E-state index is 0.669. The minimum atomic E-state index is -4.17. The second-order valence-electron chi connectivity index (χ2n) is 1.48. The van der Waals surface area contributed by atoms with Gasteiger partial charge in [0.15, 0.2) is 0 Å². The van der Waals surface area contributed by atoms with Gasteiger partial charge in [-0.05, 0) is 0 Å². The molecule has 0 aromatic heterocycles. The van der Waals surface area contributed by atoms with Crippen LogP contribution in [-0.4, -0.2) is 44.4 Å². The zero-order valence-corrected chi connectivity index (χ0v) is 5.26. The first-order chi connectivity index (χ1) is 9.67. The molecule has 0 N–H and O–H groups in total. The second-order valence-corrected chi connectivity index (χ2v) is 1.48. The standard InChI is InChI=1S/C7H16NO2/c1-7(9)10-6-5-8(2,3)4/h5-6H2,1-4H3/q+1/i2D3,3D3,4D3,5D2,6D2. The fourth-order valence-corrected chi connectivity index (χ4v) is 0.163. The number of quaternary nitrogens is 1. The Morgan fingerprint density at radius 3 is 2.70 bits per heavy atom. The molecule has 0 saturated carbocycles. The van der Waals surface area contributed by atoms with Gasteiger partial charge in [-0.15, -0.1) is 0 Å². The van der Waals surface area contributed by atoms with Gasteiger partial charge in [-0.3, -0.25) is 4.79 Å². The maximum atomic E-state index is 10.9. The molecule has 0 amide bonds. The fourth-order valence-electron chi connectivity index (χ4n) is 0.163. The van der Waals surface area contributed by atoms with E-state index >= 15 is 0 Å². The summed E-state index contributed by atoms with van der Waals surface area (Å²) in [6.45, 7) is -19.5. The van der Waals surface area contributed by atoms with Crippen LogP contribution in [0.15, 0.2) is 0 Å². The molecule has 0 fully saturated rings. The second kappa shape index (κ2) is 3.56. The van der Waals surface area contributed by atoms with E-state index in [0.717, 1.165) is 0 Å². The lowest BCUT2D eigenvalue weighted by atomic mass is 10.5. The van der Waals surface area contributed by atoms with E-state index in [-0.39, 0.29) is 0 Å². The van der Waals surface area contributed by atoms with Crippen molar-refractivity contribution in [3.05, 3.63) is 0 Å². The van der Waals surface area contributed by atoms with Gasteiger partial charge in [0, 0.05) is 6.92 Å². The fraction of sp³-hybridized carbons (Fsp3) is 0.857. The lowest BCUT2D eigenvalue weighted by Crippen LogP contribution is -2.37. The van der Waals surface area contributed by atoms with Crippen molar-refractivity contribution in [1.82, 2.24) is 0 Å². The van der Waals surface area contributed by atoms with Crippen LogP contribution in [0.3, 0.4) is 0 Å². The summed E-state index contributed by atoms with van der Waals surface area (Å²) in [5, 5.41) is 0. The molecule has 0 spiro atoms. The van der Waals surface area contributed by atoms with Crippen LogP contribution >= 0.6 is 0 Å². The Balaban J connectivity index is 6.89. The van der Waals surface area contributed by atoms with Gasteiger partial charge in [-0.2, -0.15) is 0 Å². The molecule has 3 nitrogen and oxygen atoms in total. The number of ether oxygens (including phenoxy) is 1. The molecule has 0 aliphatic carbocycles. The Kier molecular flexibility index (Phi) is 0.520. The molecule has 0 aromatic rings. The summed E-state index contributed by atoms with van der Waals surface area (Å²) in [7, 11) is 0. The summed E-state index contributed by atoms with van der Waals surface area (Å²) in [4.78, 5) is 10.9. The third-order valence-electron chi connectivity index (χ3n) is 0.408. The first kappa shape index (κ1) is 1.46. The van der Waals surface area contributed by atoms with Crippen molar-refractivity contribution in [3.63, 3.8) is 0 Å². The topological polar surface area (TPSA) is 26.3 Å². The Bertz CT molecular complexity index is 422. The van der Waals surface area contributed by atoms with E-state index in [4.69, 9.17) is 17.8 Å². The Labute approximate surface area is 80.4 Å². The molecule has 10 heavy (non-hydrogen) atoms. The zero-order valence-electron chi connectivity index (χ0n) is 18.3. The number of likely N-dealkylation sites (N-methyl/N-ethyl adjacent to an activating group) is 1. The van der Waals surface area contributed by atoms with Crippen molar-refractivity contribution in [3.8, 4) is 0 Å². The molecule has 0 unspecified atom stereocenters. The summed E-state index contributed by atoms with van der Waals surface area (Å²) >= 11 is 0. The smallest absolute Gasteiger partial charge is 0.302 e. The molecule has 0 radical (unpaired) electrons. The summed E-state index contributed by atoms with van der Waals surface area (Å²) in [6, 6.07) is 0. The van der Waals surface area contributed by atoms with Gasteiger partial charge in [0.1, 0.15) is 13.1 Å². The molecule has 0 atom stereocenters. The van der Waals surface area contributed by atoms with Crippen LogP contribution in [0.25, 0.3) is 0 Å². The molecule has 0 aliphatic rings. The van der Waals surface area contributed by atoms with Crippen molar-refractivity contribution in [2.24, 2.45) is 0 Å². The van der Waals surface area contributed by atoms with Gasteiger partial charge in [0.25, 0.3) is 0 Å². The van der Waals surface area contributed by atoms with E-state index in [1.165, 1.54) is 0 Å². The van der Waals surface area contributed by atoms with Crippen LogP contribution in [-0.2, 0) is 9.53 Å². The van der Waals surface area contributed by atoms with Crippen LogP contribution in [0.2, 0.25) is 0 Å². The molecule has 3 heteroatoms. The van der Waals surface area contributed by atoms with E-state index in [1.807, 2.05) is 0 Å². The predicted octanol–water partition coefficient (Wildman–Crippen LogP) is 0.256. The Morgan fingerprint density at radius 1 is 1.70 bits per heavy atom. The van der Waals surface area contributed by atoms with Crippen molar-refractivity contribution >= 4 is 5.97 Å². The lowest BCUT2D eigenvalue weighted by Gasteiger charge is -2.23. The van der Waals surface area contributed by atoms with Gasteiger partial charge in [-0.25, -0.2) is 0 Å². The first-order valence-electron chi connectivity index (χ1n) is 8.76. The Hall–Kier alpha value is -0.570. The molecular formula is C7H16NO2+. The van der Waals surface area contributed by atoms with Gasteiger partial charge in [-0.1, -0.05) is 0 Å². The highest BCUT2D eigenvalue weighted by atomic mass is 16.5. The normalized spacial score (nSPS) is 37.1. The first-order valence-corrected chi connectivity index (χ1v) is 2.26. The van der Waals surface area contributed by atoms with E-state index in [0.29, 0.717) is 6.92 Å². The number of carbonyl (C=O) groups excluding carboxylic acids is 1. The minimum Gasteiger partial charge on any atom is -0.460 e. The highest BCUT2D eigenvalue weighted by Crippen LogP contribution is 1.88. The van der Waals surface area contributed by atoms with Crippen LogP contribution in [0.4, 0.5) is 0 Å². The summed E-state index contributed by atoms with van der Waals surface area (Å²) in [5.74, 6) is -1.39. The summed E-state index contributed by atoms with van der Waals surface area (Å²) < 4.78 is 96.8. The average Bonchev–Trinajstić information content (AvgIpc) is 2.05. The largest absolute Gasteiger partial charge is 0.460 e. The van der Waals surface area contributed by atoms with Crippen molar-refractivity contribution < 1.29 is 31.8 Å². The van der Waals surface area contributed by atoms with E-state index < -0.39 is 44.4 Å². The number of hydrogen-bond acceptors (Lipinski definition) is 2. The van der Waals surface area contributed by atoms with Crippen LogP contribution in [0.5, 0.6) is 0 Å². The molecule has 0 bridgehead atoms. The molecule has 60 valence electrons. The van der Waals surface area contributed by atoms with Crippen LogP contribution in [0.1, 0.15) is 24.7 Å². The predicted molar refractivity (Wildman–Crippen MR) is 39.5 cm³/mol. The highest BCUT2D eigenvalue weighted by molar-refractivity contribution is 5.65. The van der Waals surface area contributed by atoms with E-state index in [2.05, 4.69) is 4.74 Å². The molecular weight excluding hydrogens is 130 g/mol. The van der Waals surface area contributed by atoms with E-state index in [1.54, 1.807) is 0 Å². The molecule has 0 saturated heterocycles. The van der Waals surface area contributed by atoms with Crippen molar-refractivity contribution in [2.45, 2.75) is 6.92 Å². The van der Waals surface area contributed by atoms with Crippen molar-refractivity contribution in [1.29, 1.82) is 0 Å². The molecule has 0 heterocycles. The molecule has 0 aromatic carbocycles. The van der Waals surface area contributed by atoms with Gasteiger partial charge in [0.2, 0.25) is 0 Å². The Morgan fingerprint density at radius 2 is 2.30 bits per heavy atom. The third-order valence-corrected chi connectivity index (χ3v) is 0.408. The number of rotatable bonds is 3. The quantitative estimate of drug-likeness (QED) is 0.436. The molecule has 0 rings (SSSR count). The number of nitrogens with zero attached hydrogens (tertiary/aromatic N) is 1. The van der Waals surface area contributed by atoms with E-state index in [9.17, 15) is 4.79 Å². The monoisotopic (exact) mass is 159 g/mol. The highest BCUT2D eigenvalue weighted by Gasteiger charge is 2.06. The third kappa shape index (κ3) is 7.43. The zero-order chi connectivity index (χ0) is 19.3. The average molecular weight is 159 g/mol. The summed E-state index contributed by atoms with van der Waals surface area (Å²) in [5.41, 5.74) is 0. The van der Waals surface area contributed by atoms with Gasteiger partial charge in [0.05, 0.1) is 38.7 Å². The van der Waals surface area contributed by atoms with Crippen LogP contribution < -0.4 is 0 Å². The van der Waals surface area contributed by atoms with Crippen LogP contribution in [0, 0.1) is 0 Å². The van der Waals surface area contributed by atoms with Gasteiger partial charge >= 0.3 is 5.97 Å². The summed E-state index contributed by atoms with van der Waals surface area (Å²) in [6.07, 6.45) is 0. The van der Waals surface area contributed by atoms with Crippen molar-refractivity contribution in [2.75, 3.05) is 34.0 Å². The lowest BCUT2D eigenvalue weighted by molar-refractivity contribution is -0.870. The number of hydrogen-bond donors (Lipinski definition) is 0. The SMILES string of the molecule is [2H]C([2H])(OC(C)=O)C([2H])([2H])[N+](C([2H])([2H])[2H])(C([2H])([2H])[2H])C([2H])([2H])[2H]. The maximum absolute atomic E-state index is 10.9. The molecule has 0 aliphatic heterocycles. The number of esters is 1. The van der Waals surface area contributed by atoms with Gasteiger partial charge < -0.3 is 9.22 Å².